The zero-order chi connectivity index (χ0) is 17.9. The normalized spacial score (nSPS) is 15.4. The van der Waals surface area contributed by atoms with Crippen LogP contribution in [0.25, 0.3) is 21.3 Å². The van der Waals surface area contributed by atoms with Crippen LogP contribution in [0.5, 0.6) is 0 Å². The molecule has 1 aromatic carbocycles. The van der Waals surface area contributed by atoms with E-state index in [1.54, 1.807) is 11.3 Å². The molecule has 0 unspecified atom stereocenters. The van der Waals surface area contributed by atoms with E-state index in [4.69, 9.17) is 4.74 Å². The standard InChI is InChI=1S/C19H20N4O2S/c1-13-20-11-19(26-13)14-2-3-18-15(8-14)9-16(21-22-18)10-17(24)12-23-4-6-25-7-5-23/h2-3,8-9,11H,4-7,10,12H2,1H3. The highest BCUT2D eigenvalue weighted by molar-refractivity contribution is 7.15. The van der Waals surface area contributed by atoms with E-state index < -0.39 is 0 Å². The molecule has 26 heavy (non-hydrogen) atoms. The number of aromatic nitrogens is 3. The number of thiazole rings is 1. The van der Waals surface area contributed by atoms with Crippen molar-refractivity contribution in [3.8, 4) is 10.4 Å². The number of carbonyl (C=O) groups is 1. The summed E-state index contributed by atoms with van der Waals surface area (Å²) in [6, 6.07) is 8.06. The van der Waals surface area contributed by atoms with Crippen molar-refractivity contribution in [1.29, 1.82) is 0 Å². The van der Waals surface area contributed by atoms with Crippen molar-refractivity contribution in [2.24, 2.45) is 0 Å². The Morgan fingerprint density at radius 3 is 2.85 bits per heavy atom. The van der Waals surface area contributed by atoms with Gasteiger partial charge in [0.2, 0.25) is 0 Å². The second-order valence-electron chi connectivity index (χ2n) is 6.46. The summed E-state index contributed by atoms with van der Waals surface area (Å²) in [6.45, 7) is 5.47. The van der Waals surface area contributed by atoms with E-state index in [1.165, 1.54) is 0 Å². The van der Waals surface area contributed by atoms with Crippen LogP contribution in [0.3, 0.4) is 0 Å². The van der Waals surface area contributed by atoms with Gasteiger partial charge in [0.15, 0.2) is 5.78 Å². The molecule has 0 saturated carbocycles. The minimum Gasteiger partial charge on any atom is -0.379 e. The maximum Gasteiger partial charge on any atom is 0.152 e. The first kappa shape index (κ1) is 17.2. The number of ether oxygens (including phenoxy) is 1. The van der Waals surface area contributed by atoms with Crippen molar-refractivity contribution < 1.29 is 9.53 Å². The maximum atomic E-state index is 12.4. The number of Topliss-reactive ketones (excluding diaryl/α,β-unsaturated/α-hetero) is 1. The number of carbonyl (C=O) groups excluding carboxylic acids is 1. The van der Waals surface area contributed by atoms with Crippen LogP contribution in [0.1, 0.15) is 10.7 Å². The molecule has 0 N–H and O–H groups in total. The Labute approximate surface area is 155 Å². The molecule has 134 valence electrons. The summed E-state index contributed by atoms with van der Waals surface area (Å²) in [5.74, 6) is 0.162. The summed E-state index contributed by atoms with van der Waals surface area (Å²) >= 11 is 1.67. The molecule has 0 amide bonds. The number of nitrogens with zero attached hydrogens (tertiary/aromatic N) is 4. The number of morpholine rings is 1. The number of rotatable bonds is 5. The summed E-state index contributed by atoms with van der Waals surface area (Å²) < 4.78 is 5.32. The van der Waals surface area contributed by atoms with Crippen molar-refractivity contribution in [2.75, 3.05) is 32.8 Å². The monoisotopic (exact) mass is 368 g/mol. The average Bonchev–Trinajstić information content (AvgIpc) is 3.08. The Morgan fingerprint density at radius 2 is 2.08 bits per heavy atom. The lowest BCUT2D eigenvalue weighted by Crippen LogP contribution is -2.40. The lowest BCUT2D eigenvalue weighted by atomic mass is 10.1. The smallest absolute Gasteiger partial charge is 0.152 e. The lowest BCUT2D eigenvalue weighted by molar-refractivity contribution is -0.120. The third-order valence-corrected chi connectivity index (χ3v) is 5.39. The molecular formula is C19H20N4O2S. The van der Waals surface area contributed by atoms with Gasteiger partial charge in [0.1, 0.15) is 0 Å². The van der Waals surface area contributed by atoms with Crippen LogP contribution in [-0.2, 0) is 16.0 Å². The Bertz CT molecular complexity index is 934. The van der Waals surface area contributed by atoms with Gasteiger partial charge in [0.05, 0.1) is 47.3 Å². The van der Waals surface area contributed by atoms with E-state index in [1.807, 2.05) is 31.3 Å². The fourth-order valence-electron chi connectivity index (χ4n) is 3.09. The van der Waals surface area contributed by atoms with Gasteiger partial charge in [0.25, 0.3) is 0 Å². The molecule has 4 rings (SSSR count). The van der Waals surface area contributed by atoms with Crippen LogP contribution >= 0.6 is 11.3 Å². The minimum absolute atomic E-state index is 0.162. The first-order valence-electron chi connectivity index (χ1n) is 8.68. The van der Waals surface area contributed by atoms with Gasteiger partial charge >= 0.3 is 0 Å². The third kappa shape index (κ3) is 3.95. The van der Waals surface area contributed by atoms with Crippen LogP contribution in [-0.4, -0.2) is 58.7 Å². The van der Waals surface area contributed by atoms with Crippen molar-refractivity contribution in [1.82, 2.24) is 20.1 Å². The van der Waals surface area contributed by atoms with E-state index in [-0.39, 0.29) is 5.78 Å². The summed E-state index contributed by atoms with van der Waals surface area (Å²) in [4.78, 5) is 19.9. The first-order chi connectivity index (χ1) is 12.7. The Morgan fingerprint density at radius 1 is 1.23 bits per heavy atom. The molecule has 0 bridgehead atoms. The van der Waals surface area contributed by atoms with Gasteiger partial charge in [-0.25, -0.2) is 4.98 Å². The minimum atomic E-state index is 0.162. The maximum absolute atomic E-state index is 12.4. The zero-order valence-electron chi connectivity index (χ0n) is 14.6. The van der Waals surface area contributed by atoms with Crippen LogP contribution in [0, 0.1) is 6.92 Å². The molecule has 0 aliphatic carbocycles. The summed E-state index contributed by atoms with van der Waals surface area (Å²) in [6.07, 6.45) is 2.20. The highest BCUT2D eigenvalue weighted by atomic mass is 32.1. The molecule has 3 heterocycles. The molecule has 2 aromatic heterocycles. The van der Waals surface area contributed by atoms with Crippen LogP contribution in [0.2, 0.25) is 0 Å². The topological polar surface area (TPSA) is 68.2 Å². The summed E-state index contributed by atoms with van der Waals surface area (Å²) in [7, 11) is 0. The molecule has 0 spiro atoms. The van der Waals surface area contributed by atoms with Gasteiger partial charge in [0, 0.05) is 24.7 Å². The Kier molecular flexibility index (Phi) is 5.01. The van der Waals surface area contributed by atoms with Gasteiger partial charge in [-0.2, -0.15) is 10.2 Å². The van der Waals surface area contributed by atoms with Crippen molar-refractivity contribution >= 4 is 28.0 Å². The number of ketones is 1. The van der Waals surface area contributed by atoms with E-state index in [2.05, 4.69) is 26.1 Å². The molecule has 0 radical (unpaired) electrons. The van der Waals surface area contributed by atoms with Crippen molar-refractivity contribution in [3.05, 3.63) is 41.2 Å². The highest BCUT2D eigenvalue weighted by Crippen LogP contribution is 2.28. The SMILES string of the molecule is Cc1ncc(-c2ccc3nnc(CC(=O)CN4CCOCC4)cc3c2)s1. The van der Waals surface area contributed by atoms with Crippen LogP contribution in [0.15, 0.2) is 30.5 Å². The molecule has 6 nitrogen and oxygen atoms in total. The molecule has 7 heteroatoms. The van der Waals surface area contributed by atoms with Crippen LogP contribution in [0.4, 0.5) is 0 Å². The molecule has 0 atom stereocenters. The number of hydrogen-bond acceptors (Lipinski definition) is 7. The molecule has 1 fully saturated rings. The largest absolute Gasteiger partial charge is 0.379 e. The first-order valence-corrected chi connectivity index (χ1v) is 9.50. The van der Waals surface area contributed by atoms with Gasteiger partial charge in [-0.1, -0.05) is 6.07 Å². The van der Waals surface area contributed by atoms with E-state index >= 15 is 0 Å². The second-order valence-corrected chi connectivity index (χ2v) is 7.69. The lowest BCUT2D eigenvalue weighted by Gasteiger charge is -2.25. The molecular weight excluding hydrogens is 348 g/mol. The number of benzene rings is 1. The Hall–Kier alpha value is -2.22. The predicted octanol–water partition coefficient (Wildman–Crippen LogP) is 2.51. The number of hydrogen-bond donors (Lipinski definition) is 0. The fraction of sp³-hybridized carbons (Fsp3) is 0.368. The number of fused-ring (bicyclic) bond motifs is 1. The predicted molar refractivity (Wildman–Crippen MR) is 101 cm³/mol. The van der Waals surface area contributed by atoms with Gasteiger partial charge in [-0.05, 0) is 30.7 Å². The van der Waals surface area contributed by atoms with E-state index in [9.17, 15) is 4.79 Å². The molecule has 3 aromatic rings. The zero-order valence-corrected chi connectivity index (χ0v) is 15.5. The summed E-state index contributed by atoms with van der Waals surface area (Å²) in [5, 5.41) is 10.5. The molecule has 1 aliphatic rings. The molecule has 1 aliphatic heterocycles. The highest BCUT2D eigenvalue weighted by Gasteiger charge is 2.15. The number of aryl methyl sites for hydroxylation is 1. The molecule has 1 saturated heterocycles. The van der Waals surface area contributed by atoms with Crippen molar-refractivity contribution in [2.45, 2.75) is 13.3 Å². The van der Waals surface area contributed by atoms with Gasteiger partial charge in [-0.15, -0.1) is 11.3 Å². The van der Waals surface area contributed by atoms with Gasteiger partial charge < -0.3 is 4.74 Å². The second kappa shape index (κ2) is 7.57. The van der Waals surface area contributed by atoms with E-state index in [0.29, 0.717) is 31.9 Å². The quantitative estimate of drug-likeness (QED) is 0.689. The van der Waals surface area contributed by atoms with Crippen molar-refractivity contribution in [3.63, 3.8) is 0 Å². The fourth-order valence-corrected chi connectivity index (χ4v) is 3.86. The van der Waals surface area contributed by atoms with E-state index in [0.717, 1.165) is 39.4 Å². The van der Waals surface area contributed by atoms with Gasteiger partial charge in [-0.3, -0.25) is 9.69 Å². The average molecular weight is 368 g/mol. The Balaban J connectivity index is 1.51. The summed E-state index contributed by atoms with van der Waals surface area (Å²) in [5.41, 5.74) is 2.66. The van der Waals surface area contributed by atoms with Crippen LogP contribution < -0.4 is 0 Å². The third-order valence-electron chi connectivity index (χ3n) is 4.42.